The zero-order valence-corrected chi connectivity index (χ0v) is 33.6. The molecule has 302 valence electrons. The maximum absolute atomic E-state index is 15.4. The number of fused-ring (bicyclic) bond motifs is 1. The molecule has 0 aliphatic carbocycles. The normalized spacial score (nSPS) is 13.9. The molecule has 1 aliphatic heterocycles. The lowest BCUT2D eigenvalue weighted by Gasteiger charge is -2.36. The van der Waals surface area contributed by atoms with E-state index in [-0.39, 0.29) is 36.6 Å². The third-order valence-corrected chi connectivity index (χ3v) is 12.3. The van der Waals surface area contributed by atoms with Gasteiger partial charge in [0.1, 0.15) is 28.7 Å². The molecule has 6 aromatic rings. The molecule has 7 rings (SSSR count). The van der Waals surface area contributed by atoms with Crippen molar-refractivity contribution >= 4 is 10.0 Å². The number of alkyl halides is 3. The Morgan fingerprint density at radius 1 is 0.741 bits per heavy atom. The number of halogens is 3. The Bertz CT molecular complexity index is 2460. The van der Waals surface area contributed by atoms with Crippen molar-refractivity contribution in [3.8, 4) is 39.8 Å². The van der Waals surface area contributed by atoms with Crippen molar-refractivity contribution in [2.75, 3.05) is 42.0 Å². The lowest BCUT2D eigenvalue weighted by Crippen LogP contribution is -2.43. The Kier molecular flexibility index (Phi) is 11.3. The molecule has 2 heterocycles. The van der Waals surface area contributed by atoms with Gasteiger partial charge in [0.2, 0.25) is 15.8 Å². The topological polar surface area (TPSA) is 109 Å². The Balaban J connectivity index is 1.46. The highest BCUT2D eigenvalue weighted by atomic mass is 32.2. The molecule has 0 saturated heterocycles. The van der Waals surface area contributed by atoms with Gasteiger partial charge >= 0.3 is 6.18 Å². The van der Waals surface area contributed by atoms with Crippen LogP contribution < -0.4 is 14.2 Å². The molecule has 11 nitrogen and oxygen atoms in total. The second-order valence-corrected chi connectivity index (χ2v) is 16.7. The van der Waals surface area contributed by atoms with Crippen molar-refractivity contribution in [2.45, 2.75) is 43.7 Å². The molecule has 0 saturated carbocycles. The van der Waals surface area contributed by atoms with Crippen LogP contribution in [0.4, 0.5) is 13.2 Å². The van der Waals surface area contributed by atoms with Crippen molar-refractivity contribution < 1.29 is 40.3 Å². The molecule has 15 heteroatoms. The molecule has 0 fully saturated rings. The zero-order valence-electron chi connectivity index (χ0n) is 32.8. The quantitative estimate of drug-likeness (QED) is 0.110. The van der Waals surface area contributed by atoms with Gasteiger partial charge in [0, 0.05) is 25.1 Å². The summed E-state index contributed by atoms with van der Waals surface area (Å²) in [5.41, 5.74) is 3.05. The molecule has 0 bridgehead atoms. The van der Waals surface area contributed by atoms with Crippen LogP contribution in [-0.2, 0) is 48.8 Å². The number of rotatable bonds is 13. The van der Waals surface area contributed by atoms with Gasteiger partial charge in [-0.2, -0.15) is 22.3 Å². The predicted molar refractivity (Wildman–Crippen MR) is 213 cm³/mol. The van der Waals surface area contributed by atoms with Crippen molar-refractivity contribution in [1.29, 1.82) is 0 Å². The average Bonchev–Trinajstić information content (AvgIpc) is 3.67. The van der Waals surface area contributed by atoms with Crippen LogP contribution in [0.3, 0.4) is 0 Å². The lowest BCUT2D eigenvalue weighted by atomic mass is 9.87. The number of hydrogen-bond donors (Lipinski definition) is 0. The van der Waals surface area contributed by atoms with Gasteiger partial charge in [0.25, 0.3) is 0 Å². The summed E-state index contributed by atoms with van der Waals surface area (Å²) in [4.78, 5) is 0.290. The molecule has 1 aliphatic rings. The molecule has 0 N–H and O–H groups in total. The zero-order chi connectivity index (χ0) is 41.2. The van der Waals surface area contributed by atoms with Crippen molar-refractivity contribution in [3.63, 3.8) is 0 Å². The molecule has 0 radical (unpaired) electrons. The number of aromatic nitrogens is 4. The van der Waals surface area contributed by atoms with Crippen LogP contribution in [0.5, 0.6) is 17.2 Å². The smallest absolute Gasteiger partial charge is 0.417 e. The van der Waals surface area contributed by atoms with Gasteiger partial charge in [-0.3, -0.25) is 0 Å². The van der Waals surface area contributed by atoms with Crippen LogP contribution in [0, 0.1) is 0 Å². The first-order chi connectivity index (χ1) is 27.7. The van der Waals surface area contributed by atoms with E-state index in [1.165, 1.54) is 25.1 Å². The van der Waals surface area contributed by atoms with Crippen molar-refractivity contribution in [1.82, 2.24) is 24.5 Å². The molecule has 0 unspecified atom stereocenters. The molecule has 58 heavy (non-hydrogen) atoms. The van der Waals surface area contributed by atoms with Crippen LogP contribution in [0.1, 0.15) is 33.4 Å². The number of likely N-dealkylation sites (N-methyl/N-ethyl adjacent to an activating group) is 1. The minimum absolute atomic E-state index is 0.113. The number of tetrazole rings is 1. The van der Waals surface area contributed by atoms with Gasteiger partial charge in [-0.05, 0) is 81.1 Å². The van der Waals surface area contributed by atoms with E-state index in [0.29, 0.717) is 46.9 Å². The van der Waals surface area contributed by atoms with E-state index in [4.69, 9.17) is 14.2 Å². The summed E-state index contributed by atoms with van der Waals surface area (Å²) >= 11 is 0. The predicted octanol–water partition coefficient (Wildman–Crippen LogP) is 7.62. The number of nitrogens with zero attached hydrogens (tertiary/aromatic N) is 6. The SMILES string of the molecule is COc1ccc(CN(Cc2ccc(OC)cc2)S(=O)(=O)c2c(C(F)(F)F)ccc(-c3cccc4c3CC[N+](C)(C)C4)c2-c2nnn(Cc3ccc(OC)cc3)n2)cc1. The van der Waals surface area contributed by atoms with Crippen LogP contribution in [0.25, 0.3) is 22.5 Å². The molecule has 0 spiro atoms. The molecule has 1 aromatic heterocycles. The first-order valence-corrected chi connectivity index (χ1v) is 20.0. The molecule has 0 atom stereocenters. The Morgan fingerprint density at radius 3 is 1.83 bits per heavy atom. The van der Waals surface area contributed by atoms with E-state index in [1.807, 2.05) is 18.2 Å². The van der Waals surface area contributed by atoms with Gasteiger partial charge in [0.05, 0.1) is 59.6 Å². The molecular formula is C43H44F3N6O5S+. The lowest BCUT2D eigenvalue weighted by molar-refractivity contribution is -0.905. The van der Waals surface area contributed by atoms with Crippen LogP contribution in [-0.4, -0.2) is 79.4 Å². The molecule has 5 aromatic carbocycles. The highest BCUT2D eigenvalue weighted by molar-refractivity contribution is 7.89. The van der Waals surface area contributed by atoms with E-state index < -0.39 is 26.7 Å². The first-order valence-electron chi connectivity index (χ1n) is 18.5. The minimum Gasteiger partial charge on any atom is -0.497 e. The maximum Gasteiger partial charge on any atom is 0.417 e. The number of methoxy groups -OCH3 is 3. The highest BCUT2D eigenvalue weighted by Gasteiger charge is 2.43. The van der Waals surface area contributed by atoms with Crippen LogP contribution in [0.15, 0.2) is 108 Å². The average molecular weight is 814 g/mol. The van der Waals surface area contributed by atoms with E-state index in [9.17, 15) is 0 Å². The fourth-order valence-electron chi connectivity index (χ4n) is 7.33. The second kappa shape index (κ2) is 16.2. The fourth-order valence-corrected chi connectivity index (χ4v) is 9.15. The van der Waals surface area contributed by atoms with Crippen molar-refractivity contribution in [3.05, 3.63) is 137 Å². The van der Waals surface area contributed by atoms with Crippen LogP contribution in [0.2, 0.25) is 0 Å². The summed E-state index contributed by atoms with van der Waals surface area (Å²) in [6, 6.07) is 28.4. The standard InChI is InChI=1S/C43H44F3N6O5S/c1-52(2)24-23-36-32(28-52)7-6-8-37(36)38-21-22-39(43(44,45)46)41(40(38)42-47-49-51(48-42)27-31-13-19-35(57-5)20-14-31)58(53,54)50(25-29-9-15-33(55-3)16-10-29)26-30-11-17-34(56-4)18-12-30/h6-22H,23-28H2,1-5H3/q+1. The number of ether oxygens (including phenoxy) is 3. The fraction of sp³-hybridized carbons (Fsp3) is 0.279. The number of hydrogen-bond acceptors (Lipinski definition) is 8. The summed E-state index contributed by atoms with van der Waals surface area (Å²) in [5.74, 6) is 1.47. The highest BCUT2D eigenvalue weighted by Crippen LogP contribution is 2.46. The van der Waals surface area contributed by atoms with E-state index in [0.717, 1.165) is 38.1 Å². The van der Waals surface area contributed by atoms with E-state index in [1.54, 1.807) is 79.9 Å². The summed E-state index contributed by atoms with van der Waals surface area (Å²) in [6.45, 7) is 1.06. The monoisotopic (exact) mass is 813 g/mol. The Labute approximate surface area is 335 Å². The molecule has 0 amide bonds. The van der Waals surface area contributed by atoms with Gasteiger partial charge in [-0.1, -0.05) is 60.7 Å². The van der Waals surface area contributed by atoms with E-state index in [2.05, 4.69) is 29.5 Å². The van der Waals surface area contributed by atoms with Gasteiger partial charge in [-0.15, -0.1) is 10.2 Å². The van der Waals surface area contributed by atoms with Gasteiger partial charge in [-0.25, -0.2) is 8.42 Å². The number of sulfonamides is 1. The summed E-state index contributed by atoms with van der Waals surface area (Å²) in [6.07, 6.45) is -4.46. The summed E-state index contributed by atoms with van der Waals surface area (Å²) < 4.78 is 94.8. The van der Waals surface area contributed by atoms with Gasteiger partial charge in [0.15, 0.2) is 0 Å². The Morgan fingerprint density at radius 2 is 1.29 bits per heavy atom. The Hall–Kier alpha value is -5.77. The third kappa shape index (κ3) is 8.56. The minimum atomic E-state index is -5.09. The van der Waals surface area contributed by atoms with Crippen molar-refractivity contribution in [2.24, 2.45) is 0 Å². The van der Waals surface area contributed by atoms with Crippen LogP contribution >= 0.6 is 0 Å². The van der Waals surface area contributed by atoms with Gasteiger partial charge < -0.3 is 18.7 Å². The summed E-state index contributed by atoms with van der Waals surface area (Å²) in [7, 11) is 3.78. The molecular weight excluding hydrogens is 770 g/mol. The number of quaternary nitrogens is 1. The maximum atomic E-state index is 15.4. The van der Waals surface area contributed by atoms with E-state index >= 15 is 21.6 Å². The summed E-state index contributed by atoms with van der Waals surface area (Å²) in [5, 5.41) is 13.1. The number of benzene rings is 5. The first kappa shape index (κ1) is 40.4. The second-order valence-electron chi connectivity index (χ2n) is 14.8. The third-order valence-electron chi connectivity index (χ3n) is 10.4. The largest absolute Gasteiger partial charge is 0.497 e.